The first-order valence-electron chi connectivity index (χ1n) is 7.26. The summed E-state index contributed by atoms with van der Waals surface area (Å²) in [6.45, 7) is 3.01. The molecule has 2 aromatic rings. The zero-order valence-corrected chi connectivity index (χ0v) is 13.7. The third-order valence-electron chi connectivity index (χ3n) is 3.68. The number of rotatable bonds is 4. The number of aromatic nitrogens is 2. The smallest absolute Gasteiger partial charge is 0.225 e. The van der Waals surface area contributed by atoms with Crippen LogP contribution in [0.5, 0.6) is 0 Å². The van der Waals surface area contributed by atoms with Crippen LogP contribution in [0.25, 0.3) is 0 Å². The van der Waals surface area contributed by atoms with Crippen LogP contribution in [-0.4, -0.2) is 47.0 Å². The average molecular weight is 337 g/mol. The molecule has 7 heteroatoms. The minimum Gasteiger partial charge on any atom is -0.339 e. The van der Waals surface area contributed by atoms with Crippen LogP contribution in [0.3, 0.4) is 0 Å². The molecule has 0 N–H and O–H groups in total. The Morgan fingerprint density at radius 1 is 1.18 bits per heavy atom. The fraction of sp³-hybridized carbons (Fsp3) is 0.400. The first-order valence-corrected chi connectivity index (χ1v) is 8.46. The number of halogens is 1. The van der Waals surface area contributed by atoms with Crippen LogP contribution >= 0.6 is 22.9 Å². The van der Waals surface area contributed by atoms with E-state index >= 15 is 0 Å². The van der Waals surface area contributed by atoms with E-state index in [1.54, 1.807) is 29.8 Å². The highest BCUT2D eigenvalue weighted by Gasteiger charge is 2.22. The van der Waals surface area contributed by atoms with Crippen molar-refractivity contribution in [3.63, 3.8) is 0 Å². The molecule has 0 unspecified atom stereocenters. The minimum atomic E-state index is 0.207. The molecule has 1 fully saturated rings. The minimum absolute atomic E-state index is 0.207. The maximum Gasteiger partial charge on any atom is 0.225 e. The van der Waals surface area contributed by atoms with Gasteiger partial charge in [-0.05, 0) is 24.6 Å². The second-order valence-corrected chi connectivity index (χ2v) is 6.92. The van der Waals surface area contributed by atoms with Gasteiger partial charge in [-0.1, -0.05) is 11.6 Å². The van der Waals surface area contributed by atoms with Crippen molar-refractivity contribution in [3.05, 3.63) is 39.8 Å². The molecule has 5 nitrogen and oxygen atoms in total. The number of aryl methyl sites for hydroxylation is 1. The molecular weight excluding hydrogens is 320 g/mol. The van der Waals surface area contributed by atoms with Crippen molar-refractivity contribution < 1.29 is 4.79 Å². The highest BCUT2D eigenvalue weighted by Crippen LogP contribution is 2.22. The molecule has 1 amide bonds. The van der Waals surface area contributed by atoms with E-state index in [4.69, 9.17) is 11.6 Å². The Labute approximate surface area is 138 Å². The van der Waals surface area contributed by atoms with Crippen LogP contribution in [-0.2, 0) is 11.2 Å². The summed E-state index contributed by atoms with van der Waals surface area (Å²) in [5, 5.41) is 0. The predicted octanol–water partition coefficient (Wildman–Crippen LogP) is 2.47. The lowest BCUT2D eigenvalue weighted by Gasteiger charge is -2.34. The van der Waals surface area contributed by atoms with Gasteiger partial charge >= 0.3 is 0 Å². The topological polar surface area (TPSA) is 49.3 Å². The maximum absolute atomic E-state index is 12.3. The summed E-state index contributed by atoms with van der Waals surface area (Å²) in [6.07, 6.45) is 4.79. The number of anilines is 1. The molecule has 1 aliphatic rings. The molecule has 1 saturated heterocycles. The van der Waals surface area contributed by atoms with E-state index in [0.717, 1.165) is 47.8 Å². The fourth-order valence-corrected chi connectivity index (χ4v) is 3.57. The van der Waals surface area contributed by atoms with Crippen molar-refractivity contribution in [1.29, 1.82) is 0 Å². The highest BCUT2D eigenvalue weighted by molar-refractivity contribution is 7.16. The lowest BCUT2D eigenvalue weighted by molar-refractivity contribution is -0.131. The van der Waals surface area contributed by atoms with Gasteiger partial charge in [0.1, 0.15) is 0 Å². The highest BCUT2D eigenvalue weighted by atomic mass is 35.5. The molecule has 0 saturated carbocycles. The van der Waals surface area contributed by atoms with Gasteiger partial charge in [0.25, 0.3) is 0 Å². The number of carbonyl (C=O) groups is 1. The van der Waals surface area contributed by atoms with E-state index in [1.165, 1.54) is 0 Å². The van der Waals surface area contributed by atoms with E-state index < -0.39 is 0 Å². The summed E-state index contributed by atoms with van der Waals surface area (Å²) in [6, 6.07) is 5.68. The SMILES string of the molecule is O=C(CCc1ccc(Cl)s1)N1CCN(c2ncccn2)CC1. The number of hydrogen-bond acceptors (Lipinski definition) is 5. The lowest BCUT2D eigenvalue weighted by atomic mass is 10.2. The maximum atomic E-state index is 12.3. The van der Waals surface area contributed by atoms with Crippen LogP contribution in [0.2, 0.25) is 4.34 Å². The summed E-state index contributed by atoms with van der Waals surface area (Å²) in [5.41, 5.74) is 0. The molecule has 1 aliphatic heterocycles. The van der Waals surface area contributed by atoms with Gasteiger partial charge in [0.2, 0.25) is 11.9 Å². The van der Waals surface area contributed by atoms with Crippen LogP contribution < -0.4 is 4.90 Å². The van der Waals surface area contributed by atoms with Gasteiger partial charge < -0.3 is 9.80 Å². The second kappa shape index (κ2) is 7.07. The van der Waals surface area contributed by atoms with Crippen LogP contribution in [0, 0.1) is 0 Å². The lowest BCUT2D eigenvalue weighted by Crippen LogP contribution is -2.49. The second-order valence-electron chi connectivity index (χ2n) is 5.12. The predicted molar refractivity (Wildman–Crippen MR) is 88.5 cm³/mol. The number of amides is 1. The Hall–Kier alpha value is -1.66. The molecule has 0 atom stereocenters. The van der Waals surface area contributed by atoms with Gasteiger partial charge in [0.15, 0.2) is 0 Å². The van der Waals surface area contributed by atoms with Gasteiger partial charge in [-0.15, -0.1) is 11.3 Å². The number of hydrogen-bond donors (Lipinski definition) is 0. The Morgan fingerprint density at radius 3 is 2.55 bits per heavy atom. The molecule has 3 rings (SSSR count). The van der Waals surface area contributed by atoms with E-state index in [0.29, 0.717) is 6.42 Å². The van der Waals surface area contributed by atoms with Gasteiger partial charge in [-0.2, -0.15) is 0 Å². The number of piperazine rings is 1. The quantitative estimate of drug-likeness (QED) is 0.860. The fourth-order valence-electron chi connectivity index (χ4n) is 2.48. The van der Waals surface area contributed by atoms with Crippen molar-refractivity contribution in [2.45, 2.75) is 12.8 Å². The molecule has 0 bridgehead atoms. The molecule has 0 aliphatic carbocycles. The molecule has 116 valence electrons. The average Bonchev–Trinajstić information content (AvgIpc) is 2.99. The summed E-state index contributed by atoms with van der Waals surface area (Å²) < 4.78 is 0.777. The van der Waals surface area contributed by atoms with E-state index in [2.05, 4.69) is 14.9 Å². The standard InChI is InChI=1S/C15H17ClN4OS/c16-13-4-2-12(22-13)3-5-14(21)19-8-10-20(11-9-19)15-17-6-1-7-18-15/h1-2,4,6-7H,3,5,8-11H2. The number of nitrogens with zero attached hydrogens (tertiary/aromatic N) is 4. The Kier molecular flexibility index (Phi) is 4.90. The van der Waals surface area contributed by atoms with Crippen LogP contribution in [0.1, 0.15) is 11.3 Å². The normalized spacial score (nSPS) is 15.1. The first kappa shape index (κ1) is 15.2. The Balaban J connectivity index is 1.47. The van der Waals surface area contributed by atoms with E-state index in [-0.39, 0.29) is 5.91 Å². The van der Waals surface area contributed by atoms with Gasteiger partial charge in [-0.25, -0.2) is 9.97 Å². The van der Waals surface area contributed by atoms with E-state index in [1.807, 2.05) is 17.0 Å². The van der Waals surface area contributed by atoms with Gasteiger partial charge in [0.05, 0.1) is 4.34 Å². The number of thiophene rings is 1. The zero-order chi connectivity index (χ0) is 15.4. The van der Waals surface area contributed by atoms with Crippen LogP contribution in [0.4, 0.5) is 5.95 Å². The number of carbonyl (C=O) groups excluding carboxylic acids is 1. The summed E-state index contributed by atoms with van der Waals surface area (Å²) >= 11 is 7.45. The Bertz CT molecular complexity index is 625. The van der Waals surface area contributed by atoms with Crippen molar-refractivity contribution in [1.82, 2.24) is 14.9 Å². The van der Waals surface area contributed by atoms with Crippen LogP contribution in [0.15, 0.2) is 30.6 Å². The molecular formula is C15H17ClN4OS. The van der Waals surface area contributed by atoms with Crippen molar-refractivity contribution >= 4 is 34.8 Å². The van der Waals surface area contributed by atoms with Gasteiger partial charge in [-0.3, -0.25) is 4.79 Å². The van der Waals surface area contributed by atoms with Gasteiger partial charge in [0, 0.05) is 49.9 Å². The monoisotopic (exact) mass is 336 g/mol. The molecule has 0 aromatic carbocycles. The summed E-state index contributed by atoms with van der Waals surface area (Å²) in [4.78, 5) is 26.0. The van der Waals surface area contributed by atoms with E-state index in [9.17, 15) is 4.79 Å². The molecule has 0 spiro atoms. The molecule has 2 aromatic heterocycles. The molecule has 3 heterocycles. The largest absolute Gasteiger partial charge is 0.339 e. The van der Waals surface area contributed by atoms with Crippen molar-refractivity contribution in [2.24, 2.45) is 0 Å². The summed E-state index contributed by atoms with van der Waals surface area (Å²) in [7, 11) is 0. The first-order chi connectivity index (χ1) is 10.7. The third-order valence-corrected chi connectivity index (χ3v) is 4.97. The Morgan fingerprint density at radius 2 is 1.91 bits per heavy atom. The summed E-state index contributed by atoms with van der Waals surface area (Å²) in [5.74, 6) is 0.945. The van der Waals surface area contributed by atoms with Crippen molar-refractivity contribution in [2.75, 3.05) is 31.1 Å². The van der Waals surface area contributed by atoms with Crippen molar-refractivity contribution in [3.8, 4) is 0 Å². The molecule has 22 heavy (non-hydrogen) atoms. The third kappa shape index (κ3) is 3.75. The molecule has 0 radical (unpaired) electrons. The zero-order valence-electron chi connectivity index (χ0n) is 12.1.